The minimum Gasteiger partial charge on any atom is -0.369 e. The number of carbonyl (C=O) groups excluding carboxylic acids is 2. The summed E-state index contributed by atoms with van der Waals surface area (Å²) in [5.74, 6) is -4.10. The first-order valence-electron chi connectivity index (χ1n) is 4.58. The molecule has 1 atom stereocenters. The van der Waals surface area contributed by atoms with E-state index in [-0.39, 0.29) is 5.56 Å². The van der Waals surface area contributed by atoms with Gasteiger partial charge in [-0.25, -0.2) is 4.39 Å². The lowest BCUT2D eigenvalue weighted by molar-refractivity contribution is -0.385. The average molecular weight is 240 g/mol. The molecule has 0 aromatic heterocycles. The minimum atomic E-state index is -1.50. The summed E-state index contributed by atoms with van der Waals surface area (Å²) in [6, 6.07) is 2.61. The number of benzene rings is 1. The number of nitrogens with two attached hydrogens (primary N) is 1. The number of nitro groups is 1. The number of carbonyl (C=O) groups is 2. The summed E-state index contributed by atoms with van der Waals surface area (Å²) < 4.78 is 13.4. The summed E-state index contributed by atoms with van der Waals surface area (Å²) in [6.07, 6.45) is 0. The van der Waals surface area contributed by atoms with Crippen LogP contribution in [0.2, 0.25) is 0 Å². The van der Waals surface area contributed by atoms with E-state index in [0.29, 0.717) is 0 Å². The number of non-ortho nitro benzene ring substituents is 1. The fourth-order valence-electron chi connectivity index (χ4n) is 1.44. The van der Waals surface area contributed by atoms with Gasteiger partial charge in [0.05, 0.1) is 4.92 Å². The molecule has 1 rings (SSSR count). The van der Waals surface area contributed by atoms with Crippen LogP contribution < -0.4 is 5.73 Å². The van der Waals surface area contributed by atoms with Crippen molar-refractivity contribution in [3.63, 3.8) is 0 Å². The normalized spacial score (nSPS) is 11.9. The number of nitrogens with zero attached hydrogens (tertiary/aromatic N) is 1. The molecule has 0 aliphatic carbocycles. The molecule has 0 saturated heterocycles. The van der Waals surface area contributed by atoms with Gasteiger partial charge in [0.2, 0.25) is 5.91 Å². The maximum atomic E-state index is 13.4. The lowest BCUT2D eigenvalue weighted by Gasteiger charge is -2.10. The molecule has 2 N–H and O–H groups in total. The molecule has 7 heteroatoms. The highest BCUT2D eigenvalue weighted by atomic mass is 19.1. The number of hydrogen-bond donors (Lipinski definition) is 1. The van der Waals surface area contributed by atoms with Crippen LogP contribution in [0.4, 0.5) is 10.1 Å². The van der Waals surface area contributed by atoms with Crippen LogP contribution in [0.15, 0.2) is 18.2 Å². The van der Waals surface area contributed by atoms with E-state index in [1.165, 1.54) is 0 Å². The summed E-state index contributed by atoms with van der Waals surface area (Å²) in [5, 5.41) is 10.5. The number of rotatable bonds is 4. The second kappa shape index (κ2) is 4.69. The lowest BCUT2D eigenvalue weighted by Crippen LogP contribution is -2.27. The quantitative estimate of drug-likeness (QED) is 0.479. The Hall–Kier alpha value is -2.31. The third-order valence-corrected chi connectivity index (χ3v) is 2.19. The van der Waals surface area contributed by atoms with Gasteiger partial charge in [0, 0.05) is 17.7 Å². The minimum absolute atomic E-state index is 0.376. The van der Waals surface area contributed by atoms with Crippen molar-refractivity contribution in [1.29, 1.82) is 0 Å². The van der Waals surface area contributed by atoms with Crippen LogP contribution in [-0.2, 0) is 9.59 Å². The van der Waals surface area contributed by atoms with Crippen molar-refractivity contribution in [3.05, 3.63) is 39.7 Å². The van der Waals surface area contributed by atoms with Crippen molar-refractivity contribution in [2.24, 2.45) is 5.73 Å². The van der Waals surface area contributed by atoms with Crippen molar-refractivity contribution in [1.82, 2.24) is 0 Å². The fraction of sp³-hybridized carbons (Fsp3) is 0.200. The molecule has 1 aromatic rings. The van der Waals surface area contributed by atoms with E-state index in [0.717, 1.165) is 25.1 Å². The van der Waals surface area contributed by atoms with E-state index >= 15 is 0 Å². The standard InChI is InChI=1S/C10H9FN2O4/c1-5(14)9(10(12)15)7-4-6(13(16)17)2-3-8(7)11/h2-4,9H,1H3,(H2,12,15). The monoisotopic (exact) mass is 240 g/mol. The third kappa shape index (κ3) is 2.63. The van der Waals surface area contributed by atoms with Gasteiger partial charge < -0.3 is 5.73 Å². The summed E-state index contributed by atoms with van der Waals surface area (Å²) in [7, 11) is 0. The fourth-order valence-corrected chi connectivity index (χ4v) is 1.44. The first kappa shape index (κ1) is 12.8. The lowest BCUT2D eigenvalue weighted by atomic mass is 9.94. The highest BCUT2D eigenvalue weighted by molar-refractivity contribution is 6.05. The van der Waals surface area contributed by atoms with Crippen LogP contribution >= 0.6 is 0 Å². The number of primary amides is 1. The second-order valence-corrected chi connectivity index (χ2v) is 3.41. The van der Waals surface area contributed by atoms with Gasteiger partial charge in [-0.1, -0.05) is 0 Å². The molecule has 0 aliphatic heterocycles. The van der Waals surface area contributed by atoms with Gasteiger partial charge in [0.25, 0.3) is 5.69 Å². The molecule has 1 aromatic carbocycles. The van der Waals surface area contributed by atoms with Crippen molar-refractivity contribution < 1.29 is 18.9 Å². The number of hydrogen-bond acceptors (Lipinski definition) is 4. The Morgan fingerprint density at radius 3 is 2.47 bits per heavy atom. The Morgan fingerprint density at radius 1 is 1.47 bits per heavy atom. The molecule has 0 saturated carbocycles. The molecular formula is C10H9FN2O4. The first-order valence-corrected chi connectivity index (χ1v) is 4.58. The molecule has 0 radical (unpaired) electrons. The zero-order valence-electron chi connectivity index (χ0n) is 8.84. The predicted molar refractivity (Wildman–Crippen MR) is 55.7 cm³/mol. The molecule has 17 heavy (non-hydrogen) atoms. The van der Waals surface area contributed by atoms with E-state index in [9.17, 15) is 24.1 Å². The third-order valence-electron chi connectivity index (χ3n) is 2.19. The Labute approximate surface area is 95.4 Å². The highest BCUT2D eigenvalue weighted by Crippen LogP contribution is 2.24. The molecule has 0 spiro atoms. The van der Waals surface area contributed by atoms with Crippen molar-refractivity contribution in [2.45, 2.75) is 12.8 Å². The number of halogens is 1. The summed E-state index contributed by atoms with van der Waals surface area (Å²) in [5.41, 5.74) is 4.18. The van der Waals surface area contributed by atoms with Gasteiger partial charge in [0.1, 0.15) is 17.5 Å². The molecule has 1 amide bonds. The van der Waals surface area contributed by atoms with Crippen LogP contribution in [0.1, 0.15) is 18.4 Å². The van der Waals surface area contributed by atoms with E-state index in [4.69, 9.17) is 5.73 Å². The largest absolute Gasteiger partial charge is 0.369 e. The van der Waals surface area contributed by atoms with Crippen molar-refractivity contribution in [2.75, 3.05) is 0 Å². The number of nitro benzene ring substituents is 1. The maximum absolute atomic E-state index is 13.4. The van der Waals surface area contributed by atoms with E-state index in [1.54, 1.807) is 0 Å². The Bertz CT molecular complexity index is 487. The second-order valence-electron chi connectivity index (χ2n) is 3.41. The van der Waals surface area contributed by atoms with Crippen LogP contribution in [0, 0.1) is 15.9 Å². The average Bonchev–Trinajstić information content (AvgIpc) is 2.19. The van der Waals surface area contributed by atoms with Gasteiger partial charge >= 0.3 is 0 Å². The van der Waals surface area contributed by atoms with Gasteiger partial charge in [-0.2, -0.15) is 0 Å². The van der Waals surface area contributed by atoms with Crippen LogP contribution in [0.3, 0.4) is 0 Å². The highest BCUT2D eigenvalue weighted by Gasteiger charge is 2.27. The summed E-state index contributed by atoms with van der Waals surface area (Å²) in [6.45, 7) is 1.06. The first-order chi connectivity index (χ1) is 7.84. The van der Waals surface area contributed by atoms with Gasteiger partial charge in [-0.05, 0) is 13.0 Å². The predicted octanol–water partition coefficient (Wildman–Crippen LogP) is 0.892. The Morgan fingerprint density at radius 2 is 2.06 bits per heavy atom. The van der Waals surface area contributed by atoms with Gasteiger partial charge in [-0.3, -0.25) is 19.7 Å². The molecule has 1 unspecified atom stereocenters. The van der Waals surface area contributed by atoms with Crippen LogP contribution in [0.5, 0.6) is 0 Å². The zero-order chi connectivity index (χ0) is 13.2. The SMILES string of the molecule is CC(=O)C(C(N)=O)c1cc([N+](=O)[O-])ccc1F. The number of amides is 1. The Kier molecular flexibility index (Phi) is 3.52. The smallest absolute Gasteiger partial charge is 0.269 e. The zero-order valence-corrected chi connectivity index (χ0v) is 8.84. The molecule has 90 valence electrons. The van der Waals surface area contributed by atoms with E-state index in [2.05, 4.69) is 0 Å². The summed E-state index contributed by atoms with van der Waals surface area (Å²) in [4.78, 5) is 32.0. The molecular weight excluding hydrogens is 231 g/mol. The number of Topliss-reactive ketones (excluding diaryl/α,β-unsaturated/α-hetero) is 1. The molecule has 6 nitrogen and oxygen atoms in total. The Balaban J connectivity index is 3.36. The molecule has 0 aliphatic rings. The van der Waals surface area contributed by atoms with Crippen molar-refractivity contribution in [3.8, 4) is 0 Å². The van der Waals surface area contributed by atoms with E-state index < -0.39 is 34.0 Å². The van der Waals surface area contributed by atoms with Crippen molar-refractivity contribution >= 4 is 17.4 Å². The molecule has 0 bridgehead atoms. The van der Waals surface area contributed by atoms with E-state index in [1.807, 2.05) is 0 Å². The maximum Gasteiger partial charge on any atom is 0.269 e. The topological polar surface area (TPSA) is 103 Å². The van der Waals surface area contributed by atoms with Gasteiger partial charge in [-0.15, -0.1) is 0 Å². The van der Waals surface area contributed by atoms with Gasteiger partial charge in [0.15, 0.2) is 0 Å². The summed E-state index contributed by atoms with van der Waals surface area (Å²) >= 11 is 0. The van der Waals surface area contributed by atoms with Crippen LogP contribution in [-0.4, -0.2) is 16.6 Å². The molecule has 0 heterocycles. The van der Waals surface area contributed by atoms with Crippen LogP contribution in [0.25, 0.3) is 0 Å². The number of ketones is 1. The molecule has 0 fully saturated rings.